The zero-order valence-electron chi connectivity index (χ0n) is 28.7. The molecule has 0 aromatic rings. The average molecular weight is 667 g/mol. The Morgan fingerprint density at radius 3 is 1.61 bits per heavy atom. The molecule has 0 fully saturated rings. The Morgan fingerprint density at radius 2 is 1.02 bits per heavy atom. The Kier molecular flexibility index (Phi) is 31.1. The topological polar surface area (TPSA) is 119 Å². The van der Waals surface area contributed by atoms with Crippen molar-refractivity contribution < 1.29 is 37.9 Å². The van der Waals surface area contributed by atoms with Crippen molar-refractivity contribution in [3.05, 3.63) is 60.8 Å². The summed E-state index contributed by atoms with van der Waals surface area (Å²) in [5, 5.41) is 0. The van der Waals surface area contributed by atoms with Crippen LogP contribution in [-0.2, 0) is 28.2 Å². The van der Waals surface area contributed by atoms with Crippen LogP contribution in [0.2, 0.25) is 0 Å². The fraction of sp³-hybridized carbons (Fsp3) is 0.676. The molecule has 0 saturated heterocycles. The van der Waals surface area contributed by atoms with E-state index in [2.05, 4.69) is 73.1 Å². The van der Waals surface area contributed by atoms with Gasteiger partial charge in [0.05, 0.1) is 6.61 Å². The zero-order chi connectivity index (χ0) is 34.0. The highest BCUT2D eigenvalue weighted by Crippen LogP contribution is 2.35. The summed E-state index contributed by atoms with van der Waals surface area (Å²) in [7, 11) is -4.76. The van der Waals surface area contributed by atoms with Gasteiger partial charge in [-0.2, -0.15) is 0 Å². The van der Waals surface area contributed by atoms with Gasteiger partial charge < -0.3 is 19.3 Å². The molecule has 0 aliphatic rings. The number of hydrogen-bond acceptors (Lipinski definition) is 6. The molecule has 0 saturated carbocycles. The van der Waals surface area contributed by atoms with E-state index in [1.165, 1.54) is 38.5 Å². The number of carbonyl (C=O) groups is 2. The van der Waals surface area contributed by atoms with E-state index in [1.807, 2.05) is 6.08 Å². The van der Waals surface area contributed by atoms with Crippen molar-refractivity contribution in [3.63, 3.8) is 0 Å². The number of esters is 2. The van der Waals surface area contributed by atoms with E-state index >= 15 is 0 Å². The second-order valence-corrected chi connectivity index (χ2v) is 12.7. The second-order valence-electron chi connectivity index (χ2n) is 11.5. The molecule has 0 bridgehead atoms. The first kappa shape index (κ1) is 43.8. The molecule has 0 unspecified atom stereocenters. The SMILES string of the molecule is CCCC/C=C\CCCCCCCC(=O)O[C@H](COC(=O)CCC/C=C\C/C=C\C/C=C\C/C=C\CCCCC)COP(=O)(O)O. The van der Waals surface area contributed by atoms with Crippen LogP contribution < -0.4 is 0 Å². The number of hydrogen-bond donors (Lipinski definition) is 2. The van der Waals surface area contributed by atoms with Gasteiger partial charge in [0.25, 0.3) is 0 Å². The molecular formula is C37H63O8P. The molecule has 1 atom stereocenters. The Morgan fingerprint density at radius 1 is 0.565 bits per heavy atom. The smallest absolute Gasteiger partial charge is 0.462 e. The largest absolute Gasteiger partial charge is 0.469 e. The molecule has 0 aliphatic carbocycles. The summed E-state index contributed by atoms with van der Waals surface area (Å²) < 4.78 is 26.2. The minimum atomic E-state index is -4.76. The summed E-state index contributed by atoms with van der Waals surface area (Å²) in [5.41, 5.74) is 0. The number of phosphoric ester groups is 1. The van der Waals surface area contributed by atoms with Crippen molar-refractivity contribution in [1.29, 1.82) is 0 Å². The fourth-order valence-electron chi connectivity index (χ4n) is 4.34. The van der Waals surface area contributed by atoms with Gasteiger partial charge >= 0.3 is 19.8 Å². The third kappa shape index (κ3) is 34.6. The predicted octanol–water partition coefficient (Wildman–Crippen LogP) is 10.2. The highest BCUT2D eigenvalue weighted by molar-refractivity contribution is 7.46. The van der Waals surface area contributed by atoms with Crippen LogP contribution in [0, 0.1) is 0 Å². The van der Waals surface area contributed by atoms with Crippen LogP contribution in [-0.4, -0.2) is 41.0 Å². The van der Waals surface area contributed by atoms with Crippen molar-refractivity contribution in [2.45, 2.75) is 148 Å². The van der Waals surface area contributed by atoms with E-state index in [-0.39, 0.29) is 19.4 Å². The van der Waals surface area contributed by atoms with Gasteiger partial charge in [-0.1, -0.05) is 120 Å². The first-order valence-electron chi connectivity index (χ1n) is 17.6. The second kappa shape index (κ2) is 32.7. The molecule has 264 valence electrons. The van der Waals surface area contributed by atoms with Crippen LogP contribution in [0.5, 0.6) is 0 Å². The van der Waals surface area contributed by atoms with Gasteiger partial charge in [0.2, 0.25) is 0 Å². The van der Waals surface area contributed by atoms with E-state index in [1.54, 1.807) is 0 Å². The van der Waals surface area contributed by atoms with Gasteiger partial charge in [-0.3, -0.25) is 14.1 Å². The van der Waals surface area contributed by atoms with E-state index < -0.39 is 32.5 Å². The lowest BCUT2D eigenvalue weighted by Crippen LogP contribution is -2.29. The first-order chi connectivity index (χ1) is 22.3. The number of unbranched alkanes of at least 4 members (excludes halogenated alkanes) is 11. The molecule has 0 aliphatic heterocycles. The highest BCUT2D eigenvalue weighted by Gasteiger charge is 2.22. The summed E-state index contributed by atoms with van der Waals surface area (Å²) in [6, 6.07) is 0. The monoisotopic (exact) mass is 666 g/mol. The quantitative estimate of drug-likeness (QED) is 0.0325. The van der Waals surface area contributed by atoms with E-state index in [0.717, 1.165) is 64.2 Å². The minimum absolute atomic E-state index is 0.187. The van der Waals surface area contributed by atoms with Crippen molar-refractivity contribution >= 4 is 19.8 Å². The van der Waals surface area contributed by atoms with E-state index in [9.17, 15) is 14.2 Å². The van der Waals surface area contributed by atoms with Crippen LogP contribution in [0.15, 0.2) is 60.8 Å². The highest BCUT2D eigenvalue weighted by atomic mass is 31.2. The maximum Gasteiger partial charge on any atom is 0.469 e. The molecule has 0 heterocycles. The minimum Gasteiger partial charge on any atom is -0.462 e. The average Bonchev–Trinajstić information content (AvgIpc) is 3.02. The van der Waals surface area contributed by atoms with Crippen LogP contribution in [0.25, 0.3) is 0 Å². The van der Waals surface area contributed by atoms with Crippen LogP contribution in [0.1, 0.15) is 142 Å². The first-order valence-corrected chi connectivity index (χ1v) is 19.1. The standard InChI is InChI=1S/C37H63O8P/c1-3-5-7-9-11-13-15-16-17-18-19-20-22-23-25-27-29-31-36(38)43-33-35(34-44-46(40,41)42)45-37(39)32-30-28-26-24-21-14-12-10-8-6-4-2/h10-13,16-17,19-20,23,25,35H,3-9,14-15,18,21-22,24,26-34H2,1-2H3,(H2,40,41,42)/b12-10-,13-11-,17-16-,20-19-,25-23-/t35-/m1/s1. The molecule has 0 spiro atoms. The number of rotatable bonds is 31. The lowest BCUT2D eigenvalue weighted by molar-refractivity contribution is -0.161. The van der Waals surface area contributed by atoms with Gasteiger partial charge in [-0.25, -0.2) is 4.57 Å². The fourth-order valence-corrected chi connectivity index (χ4v) is 4.70. The van der Waals surface area contributed by atoms with Gasteiger partial charge in [0.15, 0.2) is 6.10 Å². The summed E-state index contributed by atoms with van der Waals surface area (Å²) in [6.07, 6.45) is 39.5. The molecule has 0 aromatic carbocycles. The number of ether oxygens (including phenoxy) is 2. The molecule has 46 heavy (non-hydrogen) atoms. The van der Waals surface area contributed by atoms with Crippen LogP contribution in [0.3, 0.4) is 0 Å². The summed E-state index contributed by atoms with van der Waals surface area (Å²) in [6.45, 7) is 3.53. The Balaban J connectivity index is 4.12. The summed E-state index contributed by atoms with van der Waals surface area (Å²) in [4.78, 5) is 42.5. The third-order valence-electron chi connectivity index (χ3n) is 7.01. The molecule has 9 heteroatoms. The summed E-state index contributed by atoms with van der Waals surface area (Å²) in [5.74, 6) is -0.969. The van der Waals surface area contributed by atoms with Gasteiger partial charge in [0, 0.05) is 12.8 Å². The van der Waals surface area contributed by atoms with Crippen molar-refractivity contribution in [1.82, 2.24) is 0 Å². The maximum atomic E-state index is 12.3. The molecule has 8 nitrogen and oxygen atoms in total. The van der Waals surface area contributed by atoms with Crippen LogP contribution in [0.4, 0.5) is 0 Å². The molecule has 0 rings (SSSR count). The van der Waals surface area contributed by atoms with Crippen molar-refractivity contribution in [3.8, 4) is 0 Å². The number of carbonyl (C=O) groups excluding carboxylic acids is 2. The maximum absolute atomic E-state index is 12.3. The van der Waals surface area contributed by atoms with Crippen molar-refractivity contribution in [2.24, 2.45) is 0 Å². The van der Waals surface area contributed by atoms with Gasteiger partial charge in [-0.15, -0.1) is 0 Å². The lowest BCUT2D eigenvalue weighted by Gasteiger charge is -2.18. The molecule has 0 amide bonds. The van der Waals surface area contributed by atoms with E-state index in [0.29, 0.717) is 12.8 Å². The third-order valence-corrected chi connectivity index (χ3v) is 7.49. The number of phosphoric acid groups is 1. The predicted molar refractivity (Wildman–Crippen MR) is 188 cm³/mol. The number of allylic oxidation sites excluding steroid dienone is 10. The molecule has 0 radical (unpaired) electrons. The molecule has 0 aromatic heterocycles. The van der Waals surface area contributed by atoms with Gasteiger partial charge in [0.1, 0.15) is 6.61 Å². The summed E-state index contributed by atoms with van der Waals surface area (Å²) >= 11 is 0. The Bertz CT molecular complexity index is 932. The van der Waals surface area contributed by atoms with Crippen LogP contribution >= 0.6 is 7.82 Å². The van der Waals surface area contributed by atoms with E-state index in [4.69, 9.17) is 19.3 Å². The Labute approximate surface area is 279 Å². The normalized spacial score (nSPS) is 13.2. The van der Waals surface area contributed by atoms with Crippen molar-refractivity contribution in [2.75, 3.05) is 13.2 Å². The van der Waals surface area contributed by atoms with Gasteiger partial charge in [-0.05, 0) is 70.6 Å². The molecular weight excluding hydrogens is 603 g/mol. The lowest BCUT2D eigenvalue weighted by atomic mass is 10.1. The zero-order valence-corrected chi connectivity index (χ0v) is 29.6. The molecule has 2 N–H and O–H groups in total. The Hall–Kier alpha value is -2.25.